The molecule has 0 bridgehead atoms. The Morgan fingerprint density at radius 1 is 1.17 bits per heavy atom. The van der Waals surface area contributed by atoms with Crippen molar-refractivity contribution in [1.29, 1.82) is 0 Å². The fraction of sp³-hybridized carbons (Fsp3) is 0.565. The van der Waals surface area contributed by atoms with Crippen LogP contribution in [-0.4, -0.2) is 41.0 Å². The molecule has 3 aliphatic rings. The largest absolute Gasteiger partial charge is 0.344 e. The Bertz CT molecular complexity index is 654. The van der Waals surface area contributed by atoms with Crippen molar-refractivity contribution in [2.45, 2.75) is 66.7 Å². The minimum absolute atomic E-state index is 0. The predicted molar refractivity (Wildman–Crippen MR) is 119 cm³/mol. The van der Waals surface area contributed by atoms with Crippen molar-refractivity contribution < 1.29 is 14.4 Å². The van der Waals surface area contributed by atoms with Crippen LogP contribution in [0.3, 0.4) is 0 Å². The molecular formula is C23H39N3O3. The maximum absolute atomic E-state index is 11.5. The Morgan fingerprint density at radius 3 is 2.14 bits per heavy atom. The van der Waals surface area contributed by atoms with Crippen molar-refractivity contribution in [3.63, 3.8) is 0 Å². The van der Waals surface area contributed by atoms with E-state index in [-0.39, 0.29) is 18.0 Å². The average Bonchev–Trinajstić information content (AvgIpc) is 3.46. The zero-order chi connectivity index (χ0) is 21.7. The summed E-state index contributed by atoms with van der Waals surface area (Å²) in [5.74, 6) is 0.766. The normalized spacial score (nSPS) is 18.0. The molecule has 0 atom stereocenters. The molecule has 6 nitrogen and oxygen atoms in total. The smallest absolute Gasteiger partial charge is 0.251 e. The standard InChI is InChI=1S/C12H15NO2.C7H9NO.2C2H6.H3N/c1-2-10-5-6-12(15)13(10)8-7-11(14)9-3-4-9;1-3-6-4-5-7(9)8(6)2;2*1-2;/h2,5-6,9H,3-4,7-8H2,1H3;1,4-5H2,2H3;2*1-2H3;1H3/b10-2-;;;;. The molecule has 164 valence electrons. The lowest BCUT2D eigenvalue weighted by Gasteiger charge is -2.17. The highest BCUT2D eigenvalue weighted by molar-refractivity contribution is 5.93. The van der Waals surface area contributed by atoms with Gasteiger partial charge in [-0.25, -0.2) is 0 Å². The van der Waals surface area contributed by atoms with Crippen molar-refractivity contribution >= 4 is 17.6 Å². The van der Waals surface area contributed by atoms with Crippen LogP contribution in [-0.2, 0) is 14.4 Å². The van der Waals surface area contributed by atoms with Crippen LogP contribution in [0.25, 0.3) is 0 Å². The number of allylic oxidation sites excluding steroid dienone is 3. The Labute approximate surface area is 176 Å². The van der Waals surface area contributed by atoms with Crippen molar-refractivity contribution in [3.05, 3.63) is 41.9 Å². The molecule has 3 rings (SSSR count). The molecule has 6 heteroatoms. The number of carbonyl (C=O) groups is 3. The lowest BCUT2D eigenvalue weighted by atomic mass is 10.2. The second-order valence-corrected chi connectivity index (χ2v) is 6.10. The number of hydrogen-bond acceptors (Lipinski definition) is 4. The van der Waals surface area contributed by atoms with E-state index in [1.807, 2.05) is 40.7 Å². The summed E-state index contributed by atoms with van der Waals surface area (Å²) in [4.78, 5) is 37.0. The monoisotopic (exact) mass is 405 g/mol. The molecule has 2 heterocycles. The number of Topliss-reactive ketones (excluding diaryl/α,β-unsaturated/α-hetero) is 1. The van der Waals surface area contributed by atoms with E-state index in [0.717, 1.165) is 30.7 Å². The number of ketones is 1. The quantitative estimate of drug-likeness (QED) is 0.681. The minimum Gasteiger partial charge on any atom is -0.344 e. The molecule has 0 spiro atoms. The van der Waals surface area contributed by atoms with Crippen LogP contribution in [0.4, 0.5) is 0 Å². The summed E-state index contributed by atoms with van der Waals surface area (Å²) in [5.41, 5.74) is 4.54. The summed E-state index contributed by atoms with van der Waals surface area (Å²) in [6.07, 6.45) is 9.25. The number of rotatable bonds is 4. The predicted octanol–water partition coefficient (Wildman–Crippen LogP) is 4.78. The molecule has 29 heavy (non-hydrogen) atoms. The molecule has 0 aromatic heterocycles. The number of likely N-dealkylation sites (tertiary alicyclic amines) is 1. The molecule has 0 unspecified atom stereocenters. The van der Waals surface area contributed by atoms with Crippen molar-refractivity contribution in [2.24, 2.45) is 5.92 Å². The highest BCUT2D eigenvalue weighted by Gasteiger charge is 2.30. The highest BCUT2D eigenvalue weighted by Crippen LogP contribution is 2.31. The van der Waals surface area contributed by atoms with Crippen molar-refractivity contribution in [2.75, 3.05) is 13.6 Å². The highest BCUT2D eigenvalue weighted by atomic mass is 16.2. The summed E-state index contributed by atoms with van der Waals surface area (Å²) >= 11 is 0. The second kappa shape index (κ2) is 15.5. The summed E-state index contributed by atoms with van der Waals surface area (Å²) in [5, 5.41) is 0. The van der Waals surface area contributed by atoms with Crippen molar-refractivity contribution in [3.8, 4) is 0 Å². The van der Waals surface area contributed by atoms with Gasteiger partial charge in [-0.2, -0.15) is 0 Å². The lowest BCUT2D eigenvalue weighted by Crippen LogP contribution is -2.27. The van der Waals surface area contributed by atoms with Gasteiger partial charge in [0.2, 0.25) is 5.91 Å². The van der Waals surface area contributed by atoms with Crippen LogP contribution in [0.5, 0.6) is 0 Å². The third-order valence-electron chi connectivity index (χ3n) is 4.44. The zero-order valence-electron chi connectivity index (χ0n) is 19.1. The SMILES string of the molecule is C/C=C1/C=CC(=O)N1CCC(=O)C1CC1.C=C=C1CCC(=O)N1C.CC.CC.N. The van der Waals surface area contributed by atoms with Gasteiger partial charge in [-0.3, -0.25) is 14.4 Å². The van der Waals surface area contributed by atoms with Gasteiger partial charge in [0.05, 0.1) is 5.70 Å². The number of carbonyl (C=O) groups excluding carboxylic acids is 3. The first-order valence-electron chi connectivity index (χ1n) is 10.3. The van der Waals surface area contributed by atoms with Gasteiger partial charge in [0.15, 0.2) is 0 Å². The summed E-state index contributed by atoms with van der Waals surface area (Å²) < 4.78 is 0. The molecule has 0 aromatic carbocycles. The summed E-state index contributed by atoms with van der Waals surface area (Å²) in [7, 11) is 1.75. The van der Waals surface area contributed by atoms with Gasteiger partial charge < -0.3 is 16.0 Å². The molecule has 2 amide bonds. The van der Waals surface area contributed by atoms with E-state index in [0.29, 0.717) is 31.1 Å². The maximum atomic E-state index is 11.5. The molecule has 1 aliphatic carbocycles. The fourth-order valence-electron chi connectivity index (χ4n) is 2.70. The van der Waals surface area contributed by atoms with Gasteiger partial charge >= 0.3 is 0 Å². The molecule has 2 fully saturated rings. The van der Waals surface area contributed by atoms with Crippen LogP contribution in [0.15, 0.2) is 41.9 Å². The molecular weight excluding hydrogens is 366 g/mol. The first-order chi connectivity index (χ1) is 13.5. The van der Waals surface area contributed by atoms with Crippen LogP contribution in [0, 0.1) is 5.92 Å². The van der Waals surface area contributed by atoms with E-state index >= 15 is 0 Å². The van der Waals surface area contributed by atoms with Gasteiger partial charge in [0, 0.05) is 50.5 Å². The van der Waals surface area contributed by atoms with Crippen LogP contribution in [0.1, 0.15) is 66.7 Å². The van der Waals surface area contributed by atoms with Gasteiger partial charge in [0.25, 0.3) is 5.91 Å². The zero-order valence-corrected chi connectivity index (χ0v) is 19.1. The number of nitrogens with zero attached hydrogens (tertiary/aromatic N) is 2. The third kappa shape index (κ3) is 9.07. The first kappa shape index (κ1) is 28.8. The van der Waals surface area contributed by atoms with E-state index in [2.05, 4.69) is 12.3 Å². The average molecular weight is 406 g/mol. The maximum Gasteiger partial charge on any atom is 0.251 e. The van der Waals surface area contributed by atoms with Crippen LogP contribution in [0.2, 0.25) is 0 Å². The number of hydrogen-bond donors (Lipinski definition) is 1. The van der Waals surface area contributed by atoms with Crippen molar-refractivity contribution in [1.82, 2.24) is 16.0 Å². The van der Waals surface area contributed by atoms with E-state index in [1.54, 1.807) is 29.0 Å². The van der Waals surface area contributed by atoms with Gasteiger partial charge in [-0.05, 0) is 25.8 Å². The molecule has 3 N–H and O–H groups in total. The molecule has 0 radical (unpaired) electrons. The first-order valence-corrected chi connectivity index (χ1v) is 10.3. The van der Waals surface area contributed by atoms with E-state index in [1.165, 1.54) is 0 Å². The Morgan fingerprint density at radius 2 is 1.76 bits per heavy atom. The Hall–Kier alpha value is -2.43. The topological polar surface area (TPSA) is 92.7 Å². The number of amides is 2. The van der Waals surface area contributed by atoms with Crippen LogP contribution < -0.4 is 6.15 Å². The van der Waals surface area contributed by atoms with E-state index < -0.39 is 0 Å². The molecule has 0 aromatic rings. The molecule has 2 aliphatic heterocycles. The van der Waals surface area contributed by atoms with Gasteiger partial charge in [-0.1, -0.05) is 40.3 Å². The van der Waals surface area contributed by atoms with Gasteiger partial charge in [-0.15, -0.1) is 5.73 Å². The second-order valence-electron chi connectivity index (χ2n) is 6.10. The summed E-state index contributed by atoms with van der Waals surface area (Å²) in [6.45, 7) is 13.9. The summed E-state index contributed by atoms with van der Waals surface area (Å²) in [6, 6.07) is 0. The lowest BCUT2D eigenvalue weighted by molar-refractivity contribution is -0.126. The Balaban J connectivity index is 0. The molecule has 1 saturated carbocycles. The van der Waals surface area contributed by atoms with E-state index in [4.69, 9.17) is 0 Å². The minimum atomic E-state index is -0.00769. The molecule has 1 saturated heterocycles. The van der Waals surface area contributed by atoms with E-state index in [9.17, 15) is 14.4 Å². The third-order valence-corrected chi connectivity index (χ3v) is 4.44. The van der Waals surface area contributed by atoms with Gasteiger partial charge in [0.1, 0.15) is 5.78 Å². The Kier molecular flexibility index (Phi) is 15.4. The van der Waals surface area contributed by atoms with Crippen LogP contribution >= 0.6 is 0 Å². The fourth-order valence-corrected chi connectivity index (χ4v) is 2.70.